The monoisotopic (exact) mass is 339 g/mol. The fourth-order valence-corrected chi connectivity index (χ4v) is 1.97. The van der Waals surface area contributed by atoms with Gasteiger partial charge < -0.3 is 25.4 Å². The number of aliphatic hydroxyl groups is 3. The smallest absolute Gasteiger partial charge is 0.394 e. The Morgan fingerprint density at radius 3 is 2.52 bits per heavy atom. The Bertz CT molecular complexity index is 649. The zero-order chi connectivity index (χ0) is 17.4. The maximum absolute atomic E-state index is 12.1. The molecule has 1 fully saturated rings. The van der Waals surface area contributed by atoms with Gasteiger partial charge in [-0.15, -0.1) is 0 Å². The summed E-state index contributed by atoms with van der Waals surface area (Å²) in [6, 6.07) is 0.889. The number of amides is 1. The van der Waals surface area contributed by atoms with Gasteiger partial charge in [-0.2, -0.15) is 18.2 Å². The highest BCUT2D eigenvalue weighted by molar-refractivity contribution is 5.93. The average molecular weight is 339 g/mol. The third-order valence-corrected chi connectivity index (χ3v) is 3.12. The van der Waals surface area contributed by atoms with E-state index in [0.29, 0.717) is 4.57 Å². The third kappa shape index (κ3) is 3.50. The zero-order valence-electron chi connectivity index (χ0n) is 11.3. The van der Waals surface area contributed by atoms with Crippen LogP contribution >= 0.6 is 0 Å². The summed E-state index contributed by atoms with van der Waals surface area (Å²) in [5.41, 5.74) is -1.13. The van der Waals surface area contributed by atoms with Gasteiger partial charge in [0.05, 0.1) is 6.61 Å². The van der Waals surface area contributed by atoms with Crippen molar-refractivity contribution in [1.82, 2.24) is 9.55 Å². The first-order valence-electron chi connectivity index (χ1n) is 6.25. The second-order valence-electron chi connectivity index (χ2n) is 4.68. The molecule has 1 amide bonds. The van der Waals surface area contributed by atoms with Crippen molar-refractivity contribution in [3.05, 3.63) is 22.7 Å². The molecule has 0 saturated carbocycles. The van der Waals surface area contributed by atoms with Gasteiger partial charge in [-0.25, -0.2) is 4.79 Å². The number of aromatic nitrogens is 2. The van der Waals surface area contributed by atoms with Crippen LogP contribution < -0.4 is 11.0 Å². The van der Waals surface area contributed by atoms with Gasteiger partial charge in [0.25, 0.3) is 0 Å². The SMILES string of the molecule is O=C(Nc1ccn(C2OC(CO)C(O)C2O)c(=O)n1)C(F)(F)F. The molecule has 12 heteroatoms. The zero-order valence-corrected chi connectivity index (χ0v) is 11.3. The van der Waals surface area contributed by atoms with Crippen LogP contribution in [0.4, 0.5) is 19.0 Å². The van der Waals surface area contributed by atoms with Gasteiger partial charge in [-0.1, -0.05) is 0 Å². The van der Waals surface area contributed by atoms with E-state index >= 15 is 0 Å². The second kappa shape index (κ2) is 6.23. The Morgan fingerprint density at radius 1 is 1.39 bits per heavy atom. The summed E-state index contributed by atoms with van der Waals surface area (Å²) in [4.78, 5) is 25.8. The van der Waals surface area contributed by atoms with Crippen LogP contribution in [0.1, 0.15) is 6.23 Å². The van der Waals surface area contributed by atoms with E-state index in [0.717, 1.165) is 12.3 Å². The maximum Gasteiger partial charge on any atom is 0.471 e. The van der Waals surface area contributed by atoms with Gasteiger partial charge in [0.1, 0.15) is 24.1 Å². The summed E-state index contributed by atoms with van der Waals surface area (Å²) < 4.78 is 42.1. The molecule has 4 unspecified atom stereocenters. The molecule has 0 aliphatic carbocycles. The van der Waals surface area contributed by atoms with Crippen molar-refractivity contribution in [2.75, 3.05) is 11.9 Å². The lowest BCUT2D eigenvalue weighted by Gasteiger charge is -2.17. The molecule has 128 valence electrons. The number of aliphatic hydroxyl groups excluding tert-OH is 3. The van der Waals surface area contributed by atoms with Gasteiger partial charge in [0.2, 0.25) is 0 Å². The molecular formula is C11H12F3N3O6. The molecule has 2 rings (SSSR count). The van der Waals surface area contributed by atoms with Crippen LogP contribution in [-0.4, -0.2) is 61.9 Å². The van der Waals surface area contributed by atoms with Crippen molar-refractivity contribution in [3.8, 4) is 0 Å². The standard InChI is InChI=1S/C11H12F3N3O6/c12-11(13,14)9(21)15-5-1-2-17(10(22)16-5)8-7(20)6(19)4(3-18)23-8/h1-2,4,6-8,18-20H,3H2,(H,15,16,21,22). The summed E-state index contributed by atoms with van der Waals surface area (Å²) in [6.45, 7) is -0.614. The van der Waals surface area contributed by atoms with Gasteiger partial charge in [0, 0.05) is 6.20 Å². The Morgan fingerprint density at radius 2 is 2.04 bits per heavy atom. The fraction of sp³-hybridized carbons (Fsp3) is 0.545. The number of anilines is 1. The Labute approximate surface area is 125 Å². The molecule has 2 heterocycles. The summed E-state index contributed by atoms with van der Waals surface area (Å²) in [5, 5.41) is 29.7. The Kier molecular flexibility index (Phi) is 4.70. The predicted octanol–water partition coefficient (Wildman–Crippen LogP) is -1.64. The lowest BCUT2D eigenvalue weighted by molar-refractivity contribution is -0.167. The Balaban J connectivity index is 2.21. The highest BCUT2D eigenvalue weighted by Gasteiger charge is 2.44. The molecule has 0 radical (unpaired) electrons. The molecule has 0 spiro atoms. The van der Waals surface area contributed by atoms with Crippen LogP contribution in [0.25, 0.3) is 0 Å². The van der Waals surface area contributed by atoms with Crippen LogP contribution in [0.5, 0.6) is 0 Å². The molecule has 4 atom stereocenters. The quantitative estimate of drug-likeness (QED) is 0.519. The maximum atomic E-state index is 12.1. The van der Waals surface area contributed by atoms with E-state index in [1.165, 1.54) is 5.32 Å². The fourth-order valence-electron chi connectivity index (χ4n) is 1.97. The first-order chi connectivity index (χ1) is 10.6. The van der Waals surface area contributed by atoms with E-state index in [1.54, 1.807) is 0 Å². The largest absolute Gasteiger partial charge is 0.471 e. The first kappa shape index (κ1) is 17.3. The van der Waals surface area contributed by atoms with E-state index in [4.69, 9.17) is 9.84 Å². The first-order valence-corrected chi connectivity index (χ1v) is 6.25. The van der Waals surface area contributed by atoms with Gasteiger partial charge in [-0.3, -0.25) is 9.36 Å². The molecule has 0 aromatic carbocycles. The molecule has 23 heavy (non-hydrogen) atoms. The van der Waals surface area contributed by atoms with Crippen molar-refractivity contribution in [2.45, 2.75) is 30.7 Å². The third-order valence-electron chi connectivity index (χ3n) is 3.12. The number of nitrogens with zero attached hydrogens (tertiary/aromatic N) is 2. The molecule has 4 N–H and O–H groups in total. The van der Waals surface area contributed by atoms with Crippen molar-refractivity contribution in [2.24, 2.45) is 0 Å². The van der Waals surface area contributed by atoms with Crippen LogP contribution in [0, 0.1) is 0 Å². The molecular weight excluding hydrogens is 327 g/mol. The topological polar surface area (TPSA) is 134 Å². The summed E-state index contributed by atoms with van der Waals surface area (Å²) in [5.74, 6) is -2.93. The summed E-state index contributed by atoms with van der Waals surface area (Å²) in [7, 11) is 0. The molecule has 1 saturated heterocycles. The number of carbonyl (C=O) groups is 1. The second-order valence-corrected chi connectivity index (χ2v) is 4.68. The summed E-state index contributed by atoms with van der Waals surface area (Å²) in [6.07, 6.45) is -9.73. The van der Waals surface area contributed by atoms with E-state index in [2.05, 4.69) is 4.98 Å². The number of nitrogens with one attached hydrogen (secondary N) is 1. The minimum absolute atomic E-state index is 0.614. The molecule has 1 aliphatic rings. The van der Waals surface area contributed by atoms with Crippen LogP contribution in [0.15, 0.2) is 17.1 Å². The predicted molar refractivity (Wildman–Crippen MR) is 66.2 cm³/mol. The molecule has 1 aromatic heterocycles. The number of hydrogen-bond acceptors (Lipinski definition) is 7. The van der Waals surface area contributed by atoms with E-state index in [1.807, 2.05) is 0 Å². The highest BCUT2D eigenvalue weighted by atomic mass is 19.4. The lowest BCUT2D eigenvalue weighted by Crippen LogP contribution is -2.36. The van der Waals surface area contributed by atoms with E-state index in [-0.39, 0.29) is 0 Å². The van der Waals surface area contributed by atoms with Crippen LogP contribution in [0.3, 0.4) is 0 Å². The minimum Gasteiger partial charge on any atom is -0.394 e. The van der Waals surface area contributed by atoms with Crippen LogP contribution in [-0.2, 0) is 9.53 Å². The van der Waals surface area contributed by atoms with Crippen molar-refractivity contribution >= 4 is 11.7 Å². The average Bonchev–Trinajstić information content (AvgIpc) is 2.74. The number of hydrogen-bond donors (Lipinski definition) is 4. The highest BCUT2D eigenvalue weighted by Crippen LogP contribution is 2.28. The van der Waals surface area contributed by atoms with Crippen molar-refractivity contribution in [1.29, 1.82) is 0 Å². The van der Waals surface area contributed by atoms with Gasteiger partial charge in [0.15, 0.2) is 6.23 Å². The minimum atomic E-state index is -5.14. The molecule has 9 nitrogen and oxygen atoms in total. The molecule has 0 bridgehead atoms. The van der Waals surface area contributed by atoms with E-state index in [9.17, 15) is 33.0 Å². The van der Waals surface area contributed by atoms with Crippen molar-refractivity contribution < 1.29 is 38.0 Å². The number of alkyl halides is 3. The summed E-state index contributed by atoms with van der Waals surface area (Å²) >= 11 is 0. The van der Waals surface area contributed by atoms with Gasteiger partial charge >= 0.3 is 17.8 Å². The van der Waals surface area contributed by atoms with Gasteiger partial charge in [-0.05, 0) is 6.07 Å². The number of rotatable bonds is 3. The molecule has 1 aliphatic heterocycles. The number of carbonyl (C=O) groups excluding carboxylic acids is 1. The Hall–Kier alpha value is -2.02. The number of halogens is 3. The van der Waals surface area contributed by atoms with Crippen LogP contribution in [0.2, 0.25) is 0 Å². The molecule has 1 aromatic rings. The lowest BCUT2D eigenvalue weighted by atomic mass is 10.1. The number of ether oxygens (including phenoxy) is 1. The normalized spacial score (nSPS) is 27.9. The van der Waals surface area contributed by atoms with E-state index < -0.39 is 54.7 Å². The van der Waals surface area contributed by atoms with Crippen molar-refractivity contribution in [3.63, 3.8) is 0 Å².